The number of carbonyl (C=O) groups is 2. The van der Waals surface area contributed by atoms with Gasteiger partial charge in [-0.25, -0.2) is 9.18 Å². The topological polar surface area (TPSA) is 54.4 Å². The van der Waals surface area contributed by atoms with E-state index in [1.807, 2.05) is 0 Å². The fourth-order valence-corrected chi connectivity index (χ4v) is 3.03. The standard InChI is InChI=1S/C21H31FO3/c1-3-5-7-9-11-17-13-16(15-19(23)21(24)25)14-18(20(17)22)12-10-8-6-4-2/h13-14H,3-12,15H2,1-2H3,(H,24,25). The Bertz CT molecular complexity index is 533. The number of hydrogen-bond donors (Lipinski definition) is 1. The lowest BCUT2D eigenvalue weighted by Gasteiger charge is -2.12. The Kier molecular flexibility index (Phi) is 10.0. The number of unbranched alkanes of at least 4 members (excludes halogenated alkanes) is 6. The van der Waals surface area contributed by atoms with E-state index in [2.05, 4.69) is 13.8 Å². The van der Waals surface area contributed by atoms with Gasteiger partial charge in [-0.15, -0.1) is 0 Å². The van der Waals surface area contributed by atoms with Crippen LogP contribution in [0.1, 0.15) is 81.9 Å². The molecule has 25 heavy (non-hydrogen) atoms. The Morgan fingerprint density at radius 1 is 0.880 bits per heavy atom. The number of ketones is 1. The fraction of sp³-hybridized carbons (Fsp3) is 0.619. The Balaban J connectivity index is 2.90. The summed E-state index contributed by atoms with van der Waals surface area (Å²) in [6, 6.07) is 3.36. The number of halogens is 1. The van der Waals surface area contributed by atoms with Gasteiger partial charge in [0.1, 0.15) is 5.82 Å². The van der Waals surface area contributed by atoms with Crippen LogP contribution in [-0.2, 0) is 28.9 Å². The molecule has 0 unspecified atom stereocenters. The van der Waals surface area contributed by atoms with Crippen LogP contribution in [0, 0.1) is 5.82 Å². The summed E-state index contributed by atoms with van der Waals surface area (Å²) in [5.41, 5.74) is 1.86. The van der Waals surface area contributed by atoms with E-state index in [9.17, 15) is 14.0 Å². The number of benzene rings is 1. The van der Waals surface area contributed by atoms with Gasteiger partial charge >= 0.3 is 5.97 Å². The monoisotopic (exact) mass is 350 g/mol. The molecule has 1 rings (SSSR count). The maximum atomic E-state index is 14.8. The maximum absolute atomic E-state index is 14.8. The average molecular weight is 350 g/mol. The third-order valence-electron chi connectivity index (χ3n) is 4.49. The van der Waals surface area contributed by atoms with Gasteiger partial charge in [-0.1, -0.05) is 64.5 Å². The van der Waals surface area contributed by atoms with E-state index in [1.165, 1.54) is 0 Å². The van der Waals surface area contributed by atoms with Gasteiger partial charge in [0.25, 0.3) is 0 Å². The molecule has 0 atom stereocenters. The number of aliphatic carboxylic acids is 1. The summed E-state index contributed by atoms with van der Waals surface area (Å²) in [5.74, 6) is -2.45. The minimum atomic E-state index is -1.43. The molecule has 1 aromatic carbocycles. The van der Waals surface area contributed by atoms with Crippen molar-refractivity contribution in [3.05, 3.63) is 34.6 Å². The van der Waals surface area contributed by atoms with Crippen molar-refractivity contribution < 1.29 is 19.1 Å². The Hall–Kier alpha value is -1.71. The molecule has 0 saturated heterocycles. The summed E-state index contributed by atoms with van der Waals surface area (Å²) in [4.78, 5) is 22.3. The van der Waals surface area contributed by atoms with Crippen molar-refractivity contribution in [2.24, 2.45) is 0 Å². The summed E-state index contributed by atoms with van der Waals surface area (Å²) in [6.07, 6.45) is 9.56. The van der Waals surface area contributed by atoms with E-state index in [0.717, 1.165) is 51.4 Å². The van der Waals surface area contributed by atoms with Crippen LogP contribution in [0.25, 0.3) is 0 Å². The first-order chi connectivity index (χ1) is 12.0. The summed E-state index contributed by atoms with van der Waals surface area (Å²) in [5, 5.41) is 8.81. The van der Waals surface area contributed by atoms with Gasteiger partial charge in [0.2, 0.25) is 5.78 Å². The van der Waals surface area contributed by atoms with Crippen LogP contribution < -0.4 is 0 Å². The van der Waals surface area contributed by atoms with Crippen LogP contribution in [0.15, 0.2) is 12.1 Å². The highest BCUT2D eigenvalue weighted by atomic mass is 19.1. The second-order valence-electron chi connectivity index (χ2n) is 6.75. The van der Waals surface area contributed by atoms with Gasteiger partial charge in [-0.05, 0) is 42.4 Å². The fourth-order valence-electron chi connectivity index (χ4n) is 3.03. The van der Waals surface area contributed by atoms with Crippen LogP contribution in [-0.4, -0.2) is 16.9 Å². The molecule has 0 aliphatic rings. The van der Waals surface area contributed by atoms with Gasteiger partial charge in [-0.2, -0.15) is 0 Å². The van der Waals surface area contributed by atoms with E-state index in [4.69, 9.17) is 5.11 Å². The van der Waals surface area contributed by atoms with Gasteiger partial charge < -0.3 is 5.11 Å². The smallest absolute Gasteiger partial charge is 0.372 e. The number of carboxylic acid groups (broad SMARTS) is 1. The van der Waals surface area contributed by atoms with Gasteiger partial charge in [0.05, 0.1) is 0 Å². The second-order valence-corrected chi connectivity index (χ2v) is 6.75. The predicted octanol–water partition coefficient (Wildman–Crippen LogP) is 5.27. The molecule has 1 N–H and O–H groups in total. The first kappa shape index (κ1) is 21.3. The van der Waals surface area contributed by atoms with Crippen molar-refractivity contribution in [2.45, 2.75) is 84.5 Å². The number of aryl methyl sites for hydroxylation is 2. The zero-order valence-electron chi connectivity index (χ0n) is 15.6. The van der Waals surface area contributed by atoms with Crippen molar-refractivity contribution in [2.75, 3.05) is 0 Å². The molecular weight excluding hydrogens is 319 g/mol. The van der Waals surface area contributed by atoms with Crippen LogP contribution in [0.3, 0.4) is 0 Å². The zero-order chi connectivity index (χ0) is 18.7. The van der Waals surface area contributed by atoms with E-state index in [-0.39, 0.29) is 12.2 Å². The summed E-state index contributed by atoms with van der Waals surface area (Å²) in [7, 11) is 0. The van der Waals surface area contributed by atoms with E-state index in [1.54, 1.807) is 12.1 Å². The average Bonchev–Trinajstić information content (AvgIpc) is 2.58. The van der Waals surface area contributed by atoms with E-state index < -0.39 is 11.8 Å². The Labute approximate surface area is 150 Å². The van der Waals surface area contributed by atoms with Gasteiger partial charge in [0.15, 0.2) is 0 Å². The highest BCUT2D eigenvalue weighted by Crippen LogP contribution is 2.22. The molecule has 4 heteroatoms. The van der Waals surface area contributed by atoms with Crippen LogP contribution in [0.2, 0.25) is 0 Å². The molecule has 3 nitrogen and oxygen atoms in total. The molecule has 0 aromatic heterocycles. The Morgan fingerprint density at radius 2 is 1.36 bits per heavy atom. The molecule has 0 fully saturated rings. The lowest BCUT2D eigenvalue weighted by atomic mass is 9.95. The second kappa shape index (κ2) is 11.8. The van der Waals surface area contributed by atoms with Crippen molar-refractivity contribution >= 4 is 11.8 Å². The normalized spacial score (nSPS) is 10.8. The van der Waals surface area contributed by atoms with Crippen molar-refractivity contribution in [1.29, 1.82) is 0 Å². The van der Waals surface area contributed by atoms with E-state index >= 15 is 0 Å². The molecule has 0 aliphatic heterocycles. The molecule has 140 valence electrons. The number of carbonyl (C=O) groups excluding carboxylic acids is 1. The maximum Gasteiger partial charge on any atom is 0.372 e. The summed E-state index contributed by atoms with van der Waals surface area (Å²) >= 11 is 0. The number of rotatable bonds is 13. The first-order valence-corrected chi connectivity index (χ1v) is 9.55. The molecule has 1 aromatic rings. The quantitative estimate of drug-likeness (QED) is 0.389. The SMILES string of the molecule is CCCCCCc1cc(CC(=O)C(=O)O)cc(CCCCCC)c1F. The van der Waals surface area contributed by atoms with Crippen molar-refractivity contribution in [1.82, 2.24) is 0 Å². The Morgan fingerprint density at radius 3 is 1.76 bits per heavy atom. The predicted molar refractivity (Wildman–Crippen MR) is 98.4 cm³/mol. The molecule has 0 saturated carbocycles. The van der Waals surface area contributed by atoms with Crippen LogP contribution in [0.5, 0.6) is 0 Å². The first-order valence-electron chi connectivity index (χ1n) is 9.55. The molecular formula is C21H31FO3. The van der Waals surface area contributed by atoms with E-state index in [0.29, 0.717) is 29.5 Å². The number of hydrogen-bond acceptors (Lipinski definition) is 2. The summed E-state index contributed by atoms with van der Waals surface area (Å²) < 4.78 is 14.8. The highest BCUT2D eigenvalue weighted by molar-refractivity contribution is 6.33. The van der Waals surface area contributed by atoms with Gasteiger partial charge in [0, 0.05) is 6.42 Å². The largest absolute Gasteiger partial charge is 0.475 e. The van der Waals surface area contributed by atoms with Crippen LogP contribution in [0.4, 0.5) is 4.39 Å². The molecule has 0 spiro atoms. The molecule has 0 amide bonds. The van der Waals surface area contributed by atoms with Crippen molar-refractivity contribution in [3.8, 4) is 0 Å². The third-order valence-corrected chi connectivity index (χ3v) is 4.49. The summed E-state index contributed by atoms with van der Waals surface area (Å²) in [6.45, 7) is 4.26. The van der Waals surface area contributed by atoms with Crippen molar-refractivity contribution in [3.63, 3.8) is 0 Å². The van der Waals surface area contributed by atoms with Gasteiger partial charge in [-0.3, -0.25) is 4.79 Å². The molecule has 0 radical (unpaired) electrons. The lowest BCUT2D eigenvalue weighted by Crippen LogP contribution is -2.15. The molecule has 0 aliphatic carbocycles. The zero-order valence-corrected chi connectivity index (χ0v) is 15.6. The third kappa shape index (κ3) is 7.80. The minimum Gasteiger partial charge on any atom is -0.475 e. The lowest BCUT2D eigenvalue weighted by molar-refractivity contribution is -0.148. The molecule has 0 bridgehead atoms. The molecule has 0 heterocycles. The van der Waals surface area contributed by atoms with Crippen LogP contribution >= 0.6 is 0 Å². The highest BCUT2D eigenvalue weighted by Gasteiger charge is 2.16. The minimum absolute atomic E-state index is 0.167. The number of Topliss-reactive ketones (excluding diaryl/α,β-unsaturated/α-hetero) is 1. The number of carboxylic acids is 1.